The Kier molecular flexibility index (Phi) is 3.94. The van der Waals surface area contributed by atoms with E-state index in [1.807, 2.05) is 0 Å². The van der Waals surface area contributed by atoms with Crippen molar-refractivity contribution in [3.63, 3.8) is 0 Å². The van der Waals surface area contributed by atoms with E-state index in [0.717, 1.165) is 18.9 Å². The van der Waals surface area contributed by atoms with Crippen LogP contribution in [-0.2, 0) is 0 Å². The van der Waals surface area contributed by atoms with Crippen LogP contribution in [0.3, 0.4) is 0 Å². The number of aliphatic hydroxyl groups is 2. The predicted molar refractivity (Wildman–Crippen MR) is 92.6 cm³/mol. The number of aliphatic hydroxyl groups excluding tert-OH is 2. The van der Waals surface area contributed by atoms with Gasteiger partial charge in [0.1, 0.15) is 11.4 Å². The van der Waals surface area contributed by atoms with Gasteiger partial charge in [-0.3, -0.25) is 4.79 Å². The van der Waals surface area contributed by atoms with E-state index in [2.05, 4.69) is 0 Å². The highest BCUT2D eigenvalue weighted by molar-refractivity contribution is 6.38. The third kappa shape index (κ3) is 2.56. The molecule has 1 saturated carbocycles. The van der Waals surface area contributed by atoms with E-state index >= 15 is 0 Å². The number of anilines is 1. The molecule has 2 fully saturated rings. The average Bonchev–Trinajstić information content (AvgIpc) is 3.35. The van der Waals surface area contributed by atoms with Crippen LogP contribution in [0.15, 0.2) is 17.1 Å². The van der Waals surface area contributed by atoms with Crippen LogP contribution >= 0.6 is 11.6 Å². The maximum Gasteiger partial charge on any atom is 0.341 e. The van der Waals surface area contributed by atoms with Crippen LogP contribution in [-0.4, -0.2) is 51.2 Å². The average molecular weight is 383 g/mol. The monoisotopic (exact) mass is 382 g/mol. The van der Waals surface area contributed by atoms with E-state index < -0.39 is 35.0 Å². The summed E-state index contributed by atoms with van der Waals surface area (Å²) in [7, 11) is 0. The first-order valence-corrected chi connectivity index (χ1v) is 8.58. The zero-order valence-corrected chi connectivity index (χ0v) is 14.3. The molecule has 2 heterocycles. The summed E-state index contributed by atoms with van der Waals surface area (Å²) in [6.45, 7) is 0.00830. The number of aromatic nitrogens is 1. The van der Waals surface area contributed by atoms with Crippen LogP contribution in [0, 0.1) is 5.82 Å². The van der Waals surface area contributed by atoms with Crippen molar-refractivity contribution in [3.8, 4) is 0 Å². The van der Waals surface area contributed by atoms with Gasteiger partial charge in [-0.05, 0) is 18.9 Å². The van der Waals surface area contributed by atoms with Crippen LogP contribution in [0.25, 0.3) is 10.9 Å². The summed E-state index contributed by atoms with van der Waals surface area (Å²) in [6.07, 6.45) is 0.816. The van der Waals surface area contributed by atoms with E-state index in [9.17, 15) is 29.3 Å². The lowest BCUT2D eigenvalue weighted by Crippen LogP contribution is -2.24. The van der Waals surface area contributed by atoms with Gasteiger partial charge in [0.05, 0.1) is 33.8 Å². The Morgan fingerprint density at radius 2 is 1.85 bits per heavy atom. The van der Waals surface area contributed by atoms with Crippen molar-refractivity contribution < 1.29 is 24.5 Å². The number of carboxylic acid groups (broad SMARTS) is 1. The van der Waals surface area contributed by atoms with E-state index in [1.54, 1.807) is 4.57 Å². The van der Waals surface area contributed by atoms with Gasteiger partial charge < -0.3 is 24.8 Å². The van der Waals surface area contributed by atoms with E-state index in [-0.39, 0.29) is 40.7 Å². The molecule has 0 amide bonds. The molecule has 1 aliphatic carbocycles. The maximum atomic E-state index is 14.8. The summed E-state index contributed by atoms with van der Waals surface area (Å²) in [5, 5.41) is 28.6. The largest absolute Gasteiger partial charge is 0.477 e. The molecule has 0 bridgehead atoms. The Morgan fingerprint density at radius 1 is 1.23 bits per heavy atom. The number of halogens is 2. The molecule has 26 heavy (non-hydrogen) atoms. The minimum Gasteiger partial charge on any atom is -0.477 e. The number of benzene rings is 1. The lowest BCUT2D eigenvalue weighted by atomic mass is 10.1. The number of aromatic carboxylic acids is 1. The van der Waals surface area contributed by atoms with E-state index in [0.29, 0.717) is 0 Å². The number of carboxylic acids is 1. The molecule has 1 aliphatic heterocycles. The molecule has 138 valence electrons. The van der Waals surface area contributed by atoms with Crippen molar-refractivity contribution >= 4 is 34.2 Å². The predicted octanol–water partition coefficient (Wildman–Crippen LogP) is 1.37. The van der Waals surface area contributed by atoms with Crippen molar-refractivity contribution in [2.45, 2.75) is 31.1 Å². The lowest BCUT2D eigenvalue weighted by molar-refractivity contribution is 0.0572. The Morgan fingerprint density at radius 3 is 2.38 bits per heavy atom. The van der Waals surface area contributed by atoms with Gasteiger partial charge in [-0.25, -0.2) is 9.18 Å². The Hall–Kier alpha value is -2.16. The van der Waals surface area contributed by atoms with Crippen LogP contribution in [0.1, 0.15) is 29.2 Å². The maximum absolute atomic E-state index is 14.8. The second-order valence-electron chi connectivity index (χ2n) is 6.77. The number of fused-ring (bicyclic) bond motifs is 1. The van der Waals surface area contributed by atoms with Crippen molar-refractivity contribution in [2.24, 2.45) is 0 Å². The van der Waals surface area contributed by atoms with Gasteiger partial charge in [-0.15, -0.1) is 0 Å². The number of pyridine rings is 1. The number of rotatable bonds is 3. The Balaban J connectivity index is 2.00. The topological polar surface area (TPSA) is 103 Å². The summed E-state index contributed by atoms with van der Waals surface area (Å²) in [6, 6.07) is 0.989. The summed E-state index contributed by atoms with van der Waals surface area (Å²) < 4.78 is 16.4. The van der Waals surface area contributed by atoms with Gasteiger partial charge in [-0.2, -0.15) is 0 Å². The highest BCUT2D eigenvalue weighted by atomic mass is 35.5. The molecule has 0 unspecified atom stereocenters. The van der Waals surface area contributed by atoms with E-state index in [1.165, 1.54) is 11.1 Å². The standard InChI is InChI=1S/C17H16ClFN2O5/c18-13-14-8(3-10(19)15(13)20-5-11(22)12(23)6-20)16(24)9(17(25)26)4-21(14)7-1-2-7/h3-4,7,11-12,22-23H,1-2,5-6H2,(H,25,26)/t11-,12+. The minimum absolute atomic E-state index is 0.00164. The molecule has 0 radical (unpaired) electrons. The summed E-state index contributed by atoms with van der Waals surface area (Å²) in [4.78, 5) is 25.3. The fourth-order valence-electron chi connectivity index (χ4n) is 3.47. The molecule has 2 aromatic rings. The van der Waals surface area contributed by atoms with Crippen LogP contribution < -0.4 is 10.3 Å². The molecule has 2 atom stereocenters. The second-order valence-corrected chi connectivity index (χ2v) is 7.15. The molecule has 1 saturated heterocycles. The van der Waals surface area contributed by atoms with Gasteiger partial charge in [0.15, 0.2) is 0 Å². The molecule has 3 N–H and O–H groups in total. The zero-order valence-electron chi connectivity index (χ0n) is 13.5. The zero-order chi connectivity index (χ0) is 18.7. The smallest absolute Gasteiger partial charge is 0.341 e. The van der Waals surface area contributed by atoms with Gasteiger partial charge in [0.2, 0.25) is 5.43 Å². The number of β-amino-alcohol motifs (C(OH)–C–C–N with tert-alkyl or cyclic N) is 2. The first-order valence-electron chi connectivity index (χ1n) is 8.20. The van der Waals surface area contributed by atoms with Crippen LogP contribution in [0.2, 0.25) is 5.02 Å². The number of hydrogen-bond acceptors (Lipinski definition) is 5. The molecule has 9 heteroatoms. The Bertz CT molecular complexity index is 978. The summed E-state index contributed by atoms with van der Waals surface area (Å²) in [5.41, 5.74) is -0.957. The van der Waals surface area contributed by atoms with Crippen LogP contribution in [0.4, 0.5) is 10.1 Å². The van der Waals surface area contributed by atoms with E-state index in [4.69, 9.17) is 11.6 Å². The fraction of sp³-hybridized carbons (Fsp3) is 0.412. The molecular formula is C17H16ClFN2O5. The minimum atomic E-state index is -1.38. The van der Waals surface area contributed by atoms with Gasteiger partial charge >= 0.3 is 5.97 Å². The molecule has 0 spiro atoms. The number of nitrogens with zero attached hydrogens (tertiary/aromatic N) is 2. The summed E-state index contributed by atoms with van der Waals surface area (Å²) in [5.74, 6) is -2.18. The van der Waals surface area contributed by atoms with Crippen molar-refractivity contribution in [1.82, 2.24) is 4.57 Å². The lowest BCUT2D eigenvalue weighted by Gasteiger charge is -2.22. The molecule has 4 rings (SSSR count). The third-order valence-corrected chi connectivity index (χ3v) is 5.29. The molecule has 1 aromatic carbocycles. The quantitative estimate of drug-likeness (QED) is 0.741. The first-order chi connectivity index (χ1) is 12.3. The molecule has 7 nitrogen and oxygen atoms in total. The Labute approximate surface area is 151 Å². The third-order valence-electron chi connectivity index (χ3n) is 4.93. The molecular weight excluding hydrogens is 367 g/mol. The van der Waals surface area contributed by atoms with Gasteiger partial charge in [0.25, 0.3) is 0 Å². The number of hydrogen-bond donors (Lipinski definition) is 3. The molecule has 2 aliphatic rings. The summed E-state index contributed by atoms with van der Waals surface area (Å²) >= 11 is 6.45. The normalized spacial score (nSPS) is 23.0. The highest BCUT2D eigenvalue weighted by Gasteiger charge is 2.35. The first kappa shape index (κ1) is 17.3. The highest BCUT2D eigenvalue weighted by Crippen LogP contribution is 2.42. The van der Waals surface area contributed by atoms with Crippen LogP contribution in [0.5, 0.6) is 0 Å². The number of carbonyl (C=O) groups is 1. The van der Waals surface area contributed by atoms with Crippen molar-refractivity contribution in [1.29, 1.82) is 0 Å². The molecule has 1 aromatic heterocycles. The van der Waals surface area contributed by atoms with Crippen molar-refractivity contribution in [2.75, 3.05) is 18.0 Å². The fourth-order valence-corrected chi connectivity index (χ4v) is 3.88. The second kappa shape index (κ2) is 5.94. The van der Waals surface area contributed by atoms with Gasteiger partial charge in [0, 0.05) is 25.3 Å². The van der Waals surface area contributed by atoms with Crippen molar-refractivity contribution in [3.05, 3.63) is 38.9 Å². The SMILES string of the molecule is O=C(O)c1cn(C2CC2)c2c(Cl)c(N3C[C@@H](O)[C@@H](O)C3)c(F)cc2c1=O. The van der Waals surface area contributed by atoms with Gasteiger partial charge in [-0.1, -0.05) is 11.6 Å².